The highest BCUT2D eigenvalue weighted by Crippen LogP contribution is 2.21. The summed E-state index contributed by atoms with van der Waals surface area (Å²) < 4.78 is 30.8. The van der Waals surface area contributed by atoms with Crippen LogP contribution in [-0.2, 0) is 0 Å². The fraction of sp³-hybridized carbons (Fsp3) is 1.00. The molecule has 0 rings (SSSR count). The fourth-order valence-electron chi connectivity index (χ4n) is 0. The maximum absolute atomic E-state index is 10.3. The van der Waals surface area contributed by atoms with Crippen LogP contribution in [0.1, 0.15) is 0 Å². The SMILES string of the molecule is FC(F)(F)Br.[Br-]. The quantitative estimate of drug-likeness (QED) is 0.462. The van der Waals surface area contributed by atoms with Gasteiger partial charge in [0.2, 0.25) is 0 Å². The first-order valence-electron chi connectivity index (χ1n) is 0.756. The molecule has 40 valence electrons. The summed E-state index contributed by atoms with van der Waals surface area (Å²) in [5.74, 6) is 0. The van der Waals surface area contributed by atoms with Crippen LogP contribution in [0.5, 0.6) is 0 Å². The van der Waals surface area contributed by atoms with Crippen LogP contribution in [0.2, 0.25) is 0 Å². The van der Waals surface area contributed by atoms with Crippen LogP contribution in [0.4, 0.5) is 13.2 Å². The minimum Gasteiger partial charge on any atom is -1.00 e. The highest BCUT2D eigenvalue weighted by molar-refractivity contribution is 9.09. The lowest BCUT2D eigenvalue weighted by molar-refractivity contribution is -0.0245. The summed E-state index contributed by atoms with van der Waals surface area (Å²) >= 11 is 1.38. The molecule has 0 nitrogen and oxygen atoms in total. The van der Waals surface area contributed by atoms with Gasteiger partial charge in [0, 0.05) is 15.9 Å². The molecule has 5 heteroatoms. The van der Waals surface area contributed by atoms with E-state index in [1.807, 2.05) is 0 Å². The number of halogens is 5. The molecule has 0 aromatic carbocycles. The second kappa shape index (κ2) is 2.85. The zero-order valence-corrected chi connectivity index (χ0v) is 5.56. The average Bonchev–Trinajstić information content (AvgIpc) is 0.722. The Hall–Kier alpha value is 0.750. The van der Waals surface area contributed by atoms with Crippen LogP contribution >= 0.6 is 15.9 Å². The van der Waals surface area contributed by atoms with Crippen molar-refractivity contribution >= 4 is 15.9 Å². The maximum atomic E-state index is 10.3. The minimum absolute atomic E-state index is 0. The first-order chi connectivity index (χ1) is 2.00. The van der Waals surface area contributed by atoms with Crippen molar-refractivity contribution in [3.05, 3.63) is 0 Å². The van der Waals surface area contributed by atoms with Crippen molar-refractivity contribution in [2.75, 3.05) is 0 Å². The van der Waals surface area contributed by atoms with Crippen LogP contribution in [0, 0.1) is 0 Å². The van der Waals surface area contributed by atoms with E-state index < -0.39 is 5.09 Å². The van der Waals surface area contributed by atoms with Gasteiger partial charge in [-0.3, -0.25) is 0 Å². The molecule has 0 unspecified atom stereocenters. The Kier molecular flexibility index (Phi) is 4.69. The van der Waals surface area contributed by atoms with Gasteiger partial charge >= 0.3 is 5.09 Å². The van der Waals surface area contributed by atoms with Crippen LogP contribution in [0.3, 0.4) is 0 Å². The lowest BCUT2D eigenvalue weighted by atomic mass is 11.6. The van der Waals surface area contributed by atoms with Gasteiger partial charge in [0.05, 0.1) is 0 Å². The van der Waals surface area contributed by atoms with Gasteiger partial charge in [0.15, 0.2) is 0 Å². The molecule has 0 heterocycles. The molecule has 0 fully saturated rings. The Bertz CT molecular complexity index is 24.3. The first kappa shape index (κ1) is 9.89. The molecule has 0 saturated carbocycles. The summed E-state index contributed by atoms with van der Waals surface area (Å²) in [5, 5.41) is -4.19. The van der Waals surface area contributed by atoms with Crippen LogP contribution in [-0.4, -0.2) is 5.09 Å². The summed E-state index contributed by atoms with van der Waals surface area (Å²) in [7, 11) is 0. The molecular formula is CBr2F3-. The summed E-state index contributed by atoms with van der Waals surface area (Å²) in [6.07, 6.45) is 0. The molecule has 0 aliphatic carbocycles. The predicted molar refractivity (Wildman–Crippen MR) is 15.0 cm³/mol. The second-order valence-corrected chi connectivity index (χ2v) is 1.33. The van der Waals surface area contributed by atoms with Gasteiger partial charge in [-0.05, 0) is 0 Å². The minimum atomic E-state index is -4.19. The van der Waals surface area contributed by atoms with Gasteiger partial charge in [0.25, 0.3) is 0 Å². The van der Waals surface area contributed by atoms with Gasteiger partial charge in [-0.25, -0.2) is 0 Å². The van der Waals surface area contributed by atoms with E-state index in [0.717, 1.165) is 0 Å². The lowest BCUT2D eigenvalue weighted by Crippen LogP contribution is -3.00. The number of hydrogen-bond donors (Lipinski definition) is 0. The summed E-state index contributed by atoms with van der Waals surface area (Å²) in [4.78, 5) is 0. The number of hydrogen-bond acceptors (Lipinski definition) is 0. The zero-order chi connectivity index (χ0) is 4.50. The van der Waals surface area contributed by atoms with Crippen molar-refractivity contribution in [2.45, 2.75) is 5.09 Å². The standard InChI is InChI=1S/CBrF3.BrH/c2-1(3,4)5;/h;1H/p-1. The molecule has 0 bridgehead atoms. The molecule has 0 aliphatic rings. The van der Waals surface area contributed by atoms with Gasteiger partial charge in [-0.2, -0.15) is 13.2 Å². The zero-order valence-electron chi connectivity index (χ0n) is 2.39. The molecule has 6 heavy (non-hydrogen) atoms. The predicted octanol–water partition coefficient (Wildman–Crippen LogP) is -1.09. The molecule has 0 spiro atoms. The molecule has 0 amide bonds. The van der Waals surface area contributed by atoms with E-state index in [1.54, 1.807) is 0 Å². The van der Waals surface area contributed by atoms with E-state index >= 15 is 0 Å². The molecule has 0 radical (unpaired) electrons. The fourth-order valence-corrected chi connectivity index (χ4v) is 0. The molecule has 0 aromatic rings. The monoisotopic (exact) mass is 227 g/mol. The smallest absolute Gasteiger partial charge is 0.448 e. The maximum Gasteiger partial charge on any atom is 0.448 e. The average molecular weight is 229 g/mol. The Morgan fingerprint density at radius 2 is 1.17 bits per heavy atom. The largest absolute Gasteiger partial charge is 1.00 e. The third-order valence-corrected chi connectivity index (χ3v) is 0. The summed E-state index contributed by atoms with van der Waals surface area (Å²) in [6, 6.07) is 0. The Balaban J connectivity index is 0. The molecule has 0 N–H and O–H groups in total. The molecule has 0 aliphatic heterocycles. The van der Waals surface area contributed by atoms with Crippen molar-refractivity contribution in [3.8, 4) is 0 Å². The van der Waals surface area contributed by atoms with E-state index in [1.165, 1.54) is 15.9 Å². The van der Waals surface area contributed by atoms with E-state index in [9.17, 15) is 13.2 Å². The third kappa shape index (κ3) is 119. The topological polar surface area (TPSA) is 0 Å². The van der Waals surface area contributed by atoms with E-state index in [4.69, 9.17) is 0 Å². The number of rotatable bonds is 0. The van der Waals surface area contributed by atoms with Crippen molar-refractivity contribution in [2.24, 2.45) is 0 Å². The van der Waals surface area contributed by atoms with Crippen LogP contribution < -0.4 is 17.0 Å². The number of alkyl halides is 4. The lowest BCUT2D eigenvalue weighted by Gasteiger charge is -1.85. The molecule has 0 aromatic heterocycles. The van der Waals surface area contributed by atoms with Gasteiger partial charge in [-0.1, -0.05) is 0 Å². The Morgan fingerprint density at radius 3 is 1.17 bits per heavy atom. The third-order valence-electron chi connectivity index (χ3n) is 0. The van der Waals surface area contributed by atoms with Crippen LogP contribution in [0.15, 0.2) is 0 Å². The Morgan fingerprint density at radius 1 is 1.17 bits per heavy atom. The van der Waals surface area contributed by atoms with Crippen LogP contribution in [0.25, 0.3) is 0 Å². The highest BCUT2D eigenvalue weighted by atomic mass is 79.9. The molecule has 0 saturated heterocycles. The molecule has 0 atom stereocenters. The first-order valence-corrected chi connectivity index (χ1v) is 1.55. The van der Waals surface area contributed by atoms with Crippen molar-refractivity contribution in [1.29, 1.82) is 0 Å². The second-order valence-electron chi connectivity index (χ2n) is 0.429. The van der Waals surface area contributed by atoms with E-state index in [0.29, 0.717) is 0 Å². The van der Waals surface area contributed by atoms with Crippen molar-refractivity contribution in [3.63, 3.8) is 0 Å². The van der Waals surface area contributed by atoms with Gasteiger partial charge in [0.1, 0.15) is 0 Å². The summed E-state index contributed by atoms with van der Waals surface area (Å²) in [5.41, 5.74) is 0. The van der Waals surface area contributed by atoms with Crippen molar-refractivity contribution in [1.82, 2.24) is 0 Å². The Labute approximate surface area is 51.6 Å². The van der Waals surface area contributed by atoms with Gasteiger partial charge < -0.3 is 17.0 Å². The van der Waals surface area contributed by atoms with Gasteiger partial charge in [-0.15, -0.1) is 0 Å². The van der Waals surface area contributed by atoms with Crippen molar-refractivity contribution < 1.29 is 30.2 Å². The highest BCUT2D eigenvalue weighted by Gasteiger charge is 2.19. The summed E-state index contributed by atoms with van der Waals surface area (Å²) in [6.45, 7) is 0. The molecular weight excluding hydrogens is 229 g/mol. The van der Waals surface area contributed by atoms with E-state index in [-0.39, 0.29) is 17.0 Å². The normalized spacial score (nSPS) is 10.0. The van der Waals surface area contributed by atoms with E-state index in [2.05, 4.69) is 0 Å².